The van der Waals surface area contributed by atoms with E-state index in [1.807, 2.05) is 6.92 Å². The van der Waals surface area contributed by atoms with Crippen molar-refractivity contribution in [3.8, 4) is 0 Å². The zero-order valence-electron chi connectivity index (χ0n) is 13.1. The molecule has 120 valence electrons. The molecule has 2 N–H and O–H groups in total. The lowest BCUT2D eigenvalue weighted by Crippen LogP contribution is -2.38. The van der Waals surface area contributed by atoms with Crippen LogP contribution in [-0.4, -0.2) is 31.3 Å². The SMILES string of the molecule is CCC[C@H]1COC[C@H](N)C(=O)O[C@@H](C)[C@@H]1CC(C)C.Cl. The molecule has 1 aliphatic heterocycles. The van der Waals surface area contributed by atoms with E-state index >= 15 is 0 Å². The highest BCUT2D eigenvalue weighted by atomic mass is 35.5. The Morgan fingerprint density at radius 1 is 1.35 bits per heavy atom. The molecule has 0 unspecified atom stereocenters. The number of carbonyl (C=O) groups is 1. The van der Waals surface area contributed by atoms with Gasteiger partial charge in [-0.1, -0.05) is 27.2 Å². The van der Waals surface area contributed by atoms with Crippen LogP contribution in [0.3, 0.4) is 0 Å². The summed E-state index contributed by atoms with van der Waals surface area (Å²) >= 11 is 0. The highest BCUT2D eigenvalue weighted by Gasteiger charge is 2.32. The van der Waals surface area contributed by atoms with Crippen molar-refractivity contribution in [3.63, 3.8) is 0 Å². The molecule has 0 bridgehead atoms. The van der Waals surface area contributed by atoms with Crippen LogP contribution in [0.15, 0.2) is 0 Å². The first-order valence-corrected chi connectivity index (χ1v) is 7.49. The summed E-state index contributed by atoms with van der Waals surface area (Å²) in [6.45, 7) is 9.53. The molecule has 0 aromatic rings. The molecule has 1 aliphatic rings. The maximum absolute atomic E-state index is 11.8. The summed E-state index contributed by atoms with van der Waals surface area (Å²) < 4.78 is 11.2. The predicted octanol–water partition coefficient (Wildman–Crippen LogP) is 2.78. The van der Waals surface area contributed by atoms with Crippen molar-refractivity contribution in [2.24, 2.45) is 23.5 Å². The van der Waals surface area contributed by atoms with Gasteiger partial charge in [0.25, 0.3) is 0 Å². The highest BCUT2D eigenvalue weighted by Crippen LogP contribution is 2.30. The minimum atomic E-state index is -0.650. The van der Waals surface area contributed by atoms with Gasteiger partial charge in [-0.15, -0.1) is 12.4 Å². The fourth-order valence-corrected chi connectivity index (χ4v) is 2.88. The second-order valence-corrected chi connectivity index (χ2v) is 6.13. The van der Waals surface area contributed by atoms with Gasteiger partial charge in [0.1, 0.15) is 12.1 Å². The summed E-state index contributed by atoms with van der Waals surface area (Å²) in [6, 6.07) is -0.650. The molecule has 0 amide bonds. The molecule has 1 rings (SSSR count). The van der Waals surface area contributed by atoms with Crippen LogP contribution in [0.4, 0.5) is 0 Å². The van der Waals surface area contributed by atoms with Gasteiger partial charge in [0.15, 0.2) is 0 Å². The van der Waals surface area contributed by atoms with Gasteiger partial charge >= 0.3 is 5.97 Å². The van der Waals surface area contributed by atoms with Gasteiger partial charge in [0, 0.05) is 12.5 Å². The normalized spacial score (nSPS) is 31.8. The molecule has 0 aliphatic carbocycles. The highest BCUT2D eigenvalue weighted by molar-refractivity contribution is 5.85. The Labute approximate surface area is 129 Å². The Balaban J connectivity index is 0.00000361. The molecule has 20 heavy (non-hydrogen) atoms. The second kappa shape index (κ2) is 9.59. The Bertz CT molecular complexity index is 286. The third-order valence-electron chi connectivity index (χ3n) is 3.85. The summed E-state index contributed by atoms with van der Waals surface area (Å²) in [6.07, 6.45) is 3.20. The zero-order chi connectivity index (χ0) is 14.4. The summed E-state index contributed by atoms with van der Waals surface area (Å²) in [5.41, 5.74) is 5.75. The maximum atomic E-state index is 11.8. The van der Waals surface area contributed by atoms with Crippen molar-refractivity contribution in [3.05, 3.63) is 0 Å². The number of hydrogen-bond acceptors (Lipinski definition) is 4. The van der Waals surface area contributed by atoms with Crippen LogP contribution in [-0.2, 0) is 14.3 Å². The van der Waals surface area contributed by atoms with Crippen molar-refractivity contribution in [2.45, 2.75) is 59.1 Å². The molecule has 5 heteroatoms. The molecule has 1 fully saturated rings. The van der Waals surface area contributed by atoms with E-state index in [1.165, 1.54) is 0 Å². The Morgan fingerprint density at radius 3 is 2.55 bits per heavy atom. The molecule has 0 aromatic carbocycles. The van der Waals surface area contributed by atoms with E-state index in [1.54, 1.807) is 0 Å². The maximum Gasteiger partial charge on any atom is 0.325 e. The van der Waals surface area contributed by atoms with E-state index in [9.17, 15) is 4.79 Å². The van der Waals surface area contributed by atoms with E-state index in [2.05, 4.69) is 20.8 Å². The zero-order valence-corrected chi connectivity index (χ0v) is 13.9. The molecule has 1 saturated heterocycles. The molecule has 1 heterocycles. The fraction of sp³-hybridized carbons (Fsp3) is 0.933. The number of esters is 1. The van der Waals surface area contributed by atoms with Crippen molar-refractivity contribution >= 4 is 18.4 Å². The Hall–Kier alpha value is -0.320. The van der Waals surface area contributed by atoms with E-state index in [0.717, 1.165) is 19.3 Å². The number of cyclic esters (lactones) is 1. The van der Waals surface area contributed by atoms with Crippen LogP contribution in [0.5, 0.6) is 0 Å². The number of ether oxygens (including phenoxy) is 2. The van der Waals surface area contributed by atoms with Gasteiger partial charge in [-0.2, -0.15) is 0 Å². The number of carbonyl (C=O) groups excluding carboxylic acids is 1. The summed E-state index contributed by atoms with van der Waals surface area (Å²) in [4.78, 5) is 11.8. The van der Waals surface area contributed by atoms with Gasteiger partial charge < -0.3 is 15.2 Å². The first-order valence-electron chi connectivity index (χ1n) is 7.49. The Morgan fingerprint density at radius 2 is 2.00 bits per heavy atom. The first kappa shape index (κ1) is 19.7. The van der Waals surface area contributed by atoms with E-state index in [-0.39, 0.29) is 31.1 Å². The number of halogens is 1. The van der Waals surface area contributed by atoms with Crippen LogP contribution in [0.1, 0.15) is 47.0 Å². The van der Waals surface area contributed by atoms with Crippen molar-refractivity contribution in [1.82, 2.24) is 0 Å². The van der Waals surface area contributed by atoms with Crippen LogP contribution in [0.25, 0.3) is 0 Å². The van der Waals surface area contributed by atoms with Crippen LogP contribution in [0, 0.1) is 17.8 Å². The predicted molar refractivity (Wildman–Crippen MR) is 82.9 cm³/mol. The summed E-state index contributed by atoms with van der Waals surface area (Å²) in [5.74, 6) is 1.05. The average molecular weight is 308 g/mol. The van der Waals surface area contributed by atoms with Crippen LogP contribution < -0.4 is 5.73 Å². The molecular weight excluding hydrogens is 278 g/mol. The van der Waals surface area contributed by atoms with Gasteiger partial charge in [-0.3, -0.25) is 4.79 Å². The van der Waals surface area contributed by atoms with E-state index < -0.39 is 6.04 Å². The van der Waals surface area contributed by atoms with Gasteiger partial charge in [-0.05, 0) is 31.6 Å². The van der Waals surface area contributed by atoms with Gasteiger partial charge in [-0.25, -0.2) is 0 Å². The second-order valence-electron chi connectivity index (χ2n) is 6.13. The monoisotopic (exact) mass is 307 g/mol. The quantitative estimate of drug-likeness (QED) is 0.811. The molecule has 0 radical (unpaired) electrons. The number of nitrogens with two attached hydrogens (primary N) is 1. The summed E-state index contributed by atoms with van der Waals surface area (Å²) in [5, 5.41) is 0. The average Bonchev–Trinajstić information content (AvgIpc) is 2.37. The van der Waals surface area contributed by atoms with Crippen molar-refractivity contribution in [1.29, 1.82) is 0 Å². The molecule has 0 spiro atoms. The molecule has 4 atom stereocenters. The third kappa shape index (κ3) is 5.98. The largest absolute Gasteiger partial charge is 0.461 e. The van der Waals surface area contributed by atoms with Gasteiger partial charge in [0.05, 0.1) is 6.61 Å². The lowest BCUT2D eigenvalue weighted by molar-refractivity contribution is -0.153. The molecule has 4 nitrogen and oxygen atoms in total. The summed E-state index contributed by atoms with van der Waals surface area (Å²) in [7, 11) is 0. The standard InChI is InChI=1S/C15H29NO3.ClH/c1-5-6-12-8-18-9-14(16)15(17)19-11(4)13(12)7-10(2)3;/h10-14H,5-9,16H2,1-4H3;1H/t11-,12-,13-,14-;/m0./s1. The third-order valence-corrected chi connectivity index (χ3v) is 3.85. The molecule has 0 saturated carbocycles. The lowest BCUT2D eigenvalue weighted by Gasteiger charge is -2.31. The first-order chi connectivity index (χ1) is 8.95. The van der Waals surface area contributed by atoms with E-state index in [0.29, 0.717) is 24.4 Å². The van der Waals surface area contributed by atoms with E-state index in [4.69, 9.17) is 15.2 Å². The smallest absolute Gasteiger partial charge is 0.325 e. The number of rotatable bonds is 4. The van der Waals surface area contributed by atoms with Gasteiger partial charge in [0.2, 0.25) is 0 Å². The minimum Gasteiger partial charge on any atom is -0.461 e. The lowest BCUT2D eigenvalue weighted by atomic mass is 9.80. The number of hydrogen-bond donors (Lipinski definition) is 1. The van der Waals surface area contributed by atoms with Crippen LogP contribution >= 0.6 is 12.4 Å². The molecular formula is C15H30ClNO3. The van der Waals surface area contributed by atoms with Crippen molar-refractivity contribution in [2.75, 3.05) is 13.2 Å². The van der Waals surface area contributed by atoms with Crippen molar-refractivity contribution < 1.29 is 14.3 Å². The van der Waals surface area contributed by atoms with Crippen LogP contribution in [0.2, 0.25) is 0 Å². The Kier molecular flexibility index (Phi) is 9.43. The topological polar surface area (TPSA) is 61.5 Å². The molecule has 0 aromatic heterocycles. The minimum absolute atomic E-state index is 0. The fourth-order valence-electron chi connectivity index (χ4n) is 2.88.